The summed E-state index contributed by atoms with van der Waals surface area (Å²) in [6, 6.07) is 8.14. The molecule has 0 spiro atoms. The number of aliphatic hydroxyl groups is 1. The van der Waals surface area contributed by atoms with E-state index in [0.29, 0.717) is 13.1 Å². The maximum Gasteiger partial charge on any atom is 0.225 e. The molecule has 3 rings (SSSR count). The summed E-state index contributed by atoms with van der Waals surface area (Å²) in [5.41, 5.74) is 1.22. The predicted octanol–water partition coefficient (Wildman–Crippen LogP) is 1.37. The highest BCUT2D eigenvalue weighted by molar-refractivity contribution is 5.85. The lowest BCUT2D eigenvalue weighted by Gasteiger charge is -2.16. The smallest absolute Gasteiger partial charge is 0.225 e. The Hall–Kier alpha value is -1.94. The van der Waals surface area contributed by atoms with Crippen LogP contribution in [0.2, 0.25) is 0 Å². The van der Waals surface area contributed by atoms with E-state index in [-0.39, 0.29) is 12.3 Å². The fourth-order valence-electron chi connectivity index (χ4n) is 2.63. The van der Waals surface area contributed by atoms with Crippen LogP contribution in [0, 0.1) is 0 Å². The lowest BCUT2D eigenvalue weighted by atomic mass is 10.0. The van der Waals surface area contributed by atoms with Gasteiger partial charge in [0.1, 0.15) is 0 Å². The van der Waals surface area contributed by atoms with E-state index in [2.05, 4.69) is 11.1 Å². The molecule has 1 amide bonds. The molecule has 1 aromatic heterocycles. The first-order valence-corrected chi connectivity index (χ1v) is 6.51. The van der Waals surface area contributed by atoms with E-state index in [1.807, 2.05) is 24.4 Å². The zero-order valence-electron chi connectivity index (χ0n) is 10.6. The number of benzene rings is 1. The number of amides is 1. The van der Waals surface area contributed by atoms with Gasteiger partial charge in [-0.2, -0.15) is 0 Å². The Bertz CT molecular complexity index is 607. The molecule has 1 aromatic carbocycles. The summed E-state index contributed by atoms with van der Waals surface area (Å²) in [7, 11) is 0. The Labute approximate surface area is 111 Å². The van der Waals surface area contributed by atoms with Crippen LogP contribution in [0.3, 0.4) is 0 Å². The number of nitrogens with zero attached hydrogens (tertiary/aromatic N) is 2. The largest absolute Gasteiger partial charge is 0.391 e. The Morgan fingerprint density at radius 2 is 2.26 bits per heavy atom. The van der Waals surface area contributed by atoms with E-state index in [9.17, 15) is 9.90 Å². The number of hydrogen-bond donors (Lipinski definition) is 1. The van der Waals surface area contributed by atoms with Crippen molar-refractivity contribution >= 4 is 16.7 Å². The third-order valence-electron chi connectivity index (χ3n) is 3.62. The Morgan fingerprint density at radius 1 is 1.37 bits per heavy atom. The van der Waals surface area contributed by atoms with E-state index < -0.39 is 6.10 Å². The summed E-state index contributed by atoms with van der Waals surface area (Å²) in [5, 5.41) is 11.8. The number of rotatable bonds is 3. The molecule has 1 fully saturated rings. The van der Waals surface area contributed by atoms with Crippen LogP contribution in [-0.4, -0.2) is 40.1 Å². The fraction of sp³-hybridized carbons (Fsp3) is 0.333. The fourth-order valence-corrected chi connectivity index (χ4v) is 2.63. The molecule has 1 aliphatic rings. The highest BCUT2D eigenvalue weighted by atomic mass is 16.3. The quantitative estimate of drug-likeness (QED) is 0.902. The van der Waals surface area contributed by atoms with Crippen LogP contribution in [0.4, 0.5) is 0 Å². The Balaban J connectivity index is 1.77. The van der Waals surface area contributed by atoms with E-state index >= 15 is 0 Å². The van der Waals surface area contributed by atoms with E-state index in [0.717, 1.165) is 11.8 Å². The highest BCUT2D eigenvalue weighted by Crippen LogP contribution is 2.19. The van der Waals surface area contributed by atoms with Crippen molar-refractivity contribution in [3.63, 3.8) is 0 Å². The first kappa shape index (κ1) is 12.1. The Morgan fingerprint density at radius 3 is 3.05 bits per heavy atom. The standard InChI is InChI=1S/C15H16N2O2/c18-13-8-15(19)17(10-13)7-5-11-2-1-3-12-9-16-6-4-14(11)12/h1-4,6,9,13,18H,5,7-8,10H2. The molecule has 4 nitrogen and oxygen atoms in total. The zero-order chi connectivity index (χ0) is 13.2. The van der Waals surface area contributed by atoms with Crippen molar-refractivity contribution in [2.24, 2.45) is 0 Å². The minimum absolute atomic E-state index is 0.0504. The number of carbonyl (C=O) groups is 1. The predicted molar refractivity (Wildman–Crippen MR) is 72.7 cm³/mol. The van der Waals surface area contributed by atoms with Crippen molar-refractivity contribution < 1.29 is 9.90 Å². The summed E-state index contributed by atoms with van der Waals surface area (Å²) >= 11 is 0. The van der Waals surface area contributed by atoms with Gasteiger partial charge in [0.15, 0.2) is 0 Å². The topological polar surface area (TPSA) is 53.4 Å². The summed E-state index contributed by atoms with van der Waals surface area (Å²) < 4.78 is 0. The van der Waals surface area contributed by atoms with Gasteiger partial charge in [0.2, 0.25) is 5.91 Å². The molecule has 1 aliphatic heterocycles. The van der Waals surface area contributed by atoms with E-state index in [4.69, 9.17) is 0 Å². The van der Waals surface area contributed by atoms with Crippen LogP contribution >= 0.6 is 0 Å². The van der Waals surface area contributed by atoms with Crippen LogP contribution in [-0.2, 0) is 11.2 Å². The number of pyridine rings is 1. The van der Waals surface area contributed by atoms with Gasteiger partial charge in [-0.15, -0.1) is 0 Å². The summed E-state index contributed by atoms with van der Waals surface area (Å²) in [5.74, 6) is 0.0504. The van der Waals surface area contributed by atoms with Gasteiger partial charge in [-0.1, -0.05) is 18.2 Å². The normalized spacial score (nSPS) is 19.3. The lowest BCUT2D eigenvalue weighted by Crippen LogP contribution is -2.28. The number of carbonyl (C=O) groups excluding carboxylic acids is 1. The molecule has 1 N–H and O–H groups in total. The molecule has 1 unspecified atom stereocenters. The summed E-state index contributed by atoms with van der Waals surface area (Å²) in [6.07, 6.45) is 4.21. The van der Waals surface area contributed by atoms with Crippen LogP contribution in [0.5, 0.6) is 0 Å². The van der Waals surface area contributed by atoms with E-state index in [1.165, 1.54) is 10.9 Å². The molecular formula is C15H16N2O2. The maximum absolute atomic E-state index is 11.6. The molecule has 0 aliphatic carbocycles. The summed E-state index contributed by atoms with van der Waals surface area (Å²) in [6.45, 7) is 1.13. The summed E-state index contributed by atoms with van der Waals surface area (Å²) in [4.78, 5) is 17.5. The average molecular weight is 256 g/mol. The van der Waals surface area contributed by atoms with Crippen molar-refractivity contribution in [1.29, 1.82) is 0 Å². The molecule has 1 saturated heterocycles. The third-order valence-corrected chi connectivity index (χ3v) is 3.62. The second-order valence-electron chi connectivity index (χ2n) is 4.96. The molecular weight excluding hydrogens is 240 g/mol. The van der Waals surface area contributed by atoms with Crippen molar-refractivity contribution in [2.75, 3.05) is 13.1 Å². The third kappa shape index (κ3) is 2.44. The molecule has 2 aromatic rings. The van der Waals surface area contributed by atoms with Crippen LogP contribution < -0.4 is 0 Å². The molecule has 0 saturated carbocycles. The van der Waals surface area contributed by atoms with Crippen LogP contribution in [0.15, 0.2) is 36.7 Å². The SMILES string of the molecule is O=C1CC(O)CN1CCc1cccc2cnccc12. The number of aliphatic hydroxyl groups excluding tert-OH is 1. The second kappa shape index (κ2) is 4.97. The molecule has 19 heavy (non-hydrogen) atoms. The van der Waals surface area contributed by atoms with Crippen molar-refractivity contribution in [3.8, 4) is 0 Å². The molecule has 98 valence electrons. The van der Waals surface area contributed by atoms with Gasteiger partial charge in [0.05, 0.1) is 12.5 Å². The van der Waals surface area contributed by atoms with Crippen LogP contribution in [0.1, 0.15) is 12.0 Å². The number of likely N-dealkylation sites (tertiary alicyclic amines) is 1. The molecule has 0 bridgehead atoms. The minimum atomic E-state index is -0.496. The number of aromatic nitrogens is 1. The first-order chi connectivity index (χ1) is 9.24. The number of hydrogen-bond acceptors (Lipinski definition) is 3. The average Bonchev–Trinajstić information content (AvgIpc) is 2.74. The van der Waals surface area contributed by atoms with Crippen molar-refractivity contribution in [1.82, 2.24) is 9.88 Å². The number of fused-ring (bicyclic) bond motifs is 1. The lowest BCUT2D eigenvalue weighted by molar-refractivity contribution is -0.127. The van der Waals surface area contributed by atoms with Gasteiger partial charge in [0.25, 0.3) is 0 Å². The van der Waals surface area contributed by atoms with Gasteiger partial charge in [-0.3, -0.25) is 9.78 Å². The van der Waals surface area contributed by atoms with E-state index in [1.54, 1.807) is 11.1 Å². The molecule has 2 heterocycles. The molecule has 1 atom stereocenters. The monoisotopic (exact) mass is 256 g/mol. The van der Waals surface area contributed by atoms with Crippen LogP contribution in [0.25, 0.3) is 10.8 Å². The van der Waals surface area contributed by atoms with Crippen molar-refractivity contribution in [3.05, 3.63) is 42.2 Å². The number of β-amino-alcohol motifs (C(OH)–C–C–N with tert-alkyl or cyclic N) is 1. The molecule has 4 heteroatoms. The highest BCUT2D eigenvalue weighted by Gasteiger charge is 2.27. The zero-order valence-corrected chi connectivity index (χ0v) is 10.6. The maximum atomic E-state index is 11.6. The van der Waals surface area contributed by atoms with Gasteiger partial charge in [-0.05, 0) is 23.4 Å². The van der Waals surface area contributed by atoms with Gasteiger partial charge >= 0.3 is 0 Å². The van der Waals surface area contributed by atoms with Gasteiger partial charge < -0.3 is 10.0 Å². The minimum Gasteiger partial charge on any atom is -0.391 e. The van der Waals surface area contributed by atoms with Crippen molar-refractivity contribution in [2.45, 2.75) is 18.9 Å². The Kier molecular flexibility index (Phi) is 3.17. The van der Waals surface area contributed by atoms with Gasteiger partial charge in [0, 0.05) is 30.9 Å². The second-order valence-corrected chi connectivity index (χ2v) is 4.96. The van der Waals surface area contributed by atoms with Gasteiger partial charge in [-0.25, -0.2) is 0 Å². The first-order valence-electron chi connectivity index (χ1n) is 6.51. The molecule has 0 radical (unpaired) electrons.